The van der Waals surface area contributed by atoms with E-state index in [0.717, 1.165) is 41.9 Å². The number of fused-ring (bicyclic) bond motifs is 1. The Kier molecular flexibility index (Phi) is 5.28. The number of hydrogen-bond donors (Lipinski definition) is 3. The van der Waals surface area contributed by atoms with Crippen molar-refractivity contribution >= 4 is 29.0 Å². The lowest BCUT2D eigenvalue weighted by Crippen LogP contribution is -2.26. The molecule has 0 atom stereocenters. The molecule has 0 saturated carbocycles. The Labute approximate surface area is 173 Å². The van der Waals surface area contributed by atoms with Crippen molar-refractivity contribution in [3.63, 3.8) is 0 Å². The highest BCUT2D eigenvalue weighted by molar-refractivity contribution is 5.96. The van der Waals surface area contributed by atoms with E-state index in [2.05, 4.69) is 30.7 Å². The second-order valence-corrected chi connectivity index (χ2v) is 7.35. The van der Waals surface area contributed by atoms with Crippen molar-refractivity contribution < 1.29 is 9.18 Å². The molecule has 9 heteroatoms. The van der Waals surface area contributed by atoms with E-state index in [1.54, 1.807) is 12.1 Å². The molecular formula is C21H22FN7O. The first-order valence-electron chi connectivity index (χ1n) is 9.55. The monoisotopic (exact) mass is 407 g/mol. The number of aromatic nitrogens is 3. The molecular weight excluding hydrogens is 385 g/mol. The Balaban J connectivity index is 1.66. The Morgan fingerprint density at radius 1 is 1.13 bits per heavy atom. The highest BCUT2D eigenvalue weighted by Gasteiger charge is 2.19. The largest absolute Gasteiger partial charge is 0.364 e. The van der Waals surface area contributed by atoms with Crippen LogP contribution in [0.3, 0.4) is 0 Å². The van der Waals surface area contributed by atoms with Crippen LogP contribution in [0.25, 0.3) is 0 Å². The van der Waals surface area contributed by atoms with Gasteiger partial charge in [-0.25, -0.2) is 4.39 Å². The van der Waals surface area contributed by atoms with Crippen molar-refractivity contribution in [3.8, 4) is 0 Å². The maximum absolute atomic E-state index is 14.6. The Morgan fingerprint density at radius 2 is 1.93 bits per heavy atom. The molecule has 2 heterocycles. The fourth-order valence-corrected chi connectivity index (χ4v) is 3.41. The number of amides is 1. The number of carbonyl (C=O) groups excluding carboxylic acids is 1. The predicted octanol–water partition coefficient (Wildman–Crippen LogP) is 2.89. The Bertz CT molecular complexity index is 1120. The van der Waals surface area contributed by atoms with Gasteiger partial charge >= 0.3 is 0 Å². The summed E-state index contributed by atoms with van der Waals surface area (Å²) in [6, 6.07) is 10.8. The molecule has 3 aromatic rings. The number of hydrogen-bond acceptors (Lipinski definition) is 7. The molecule has 0 bridgehead atoms. The van der Waals surface area contributed by atoms with Gasteiger partial charge in [-0.05, 0) is 55.3 Å². The average molecular weight is 407 g/mol. The molecule has 1 aliphatic heterocycles. The van der Waals surface area contributed by atoms with Crippen LogP contribution in [0.15, 0.2) is 36.4 Å². The van der Waals surface area contributed by atoms with Gasteiger partial charge < -0.3 is 21.3 Å². The second-order valence-electron chi connectivity index (χ2n) is 7.35. The van der Waals surface area contributed by atoms with Gasteiger partial charge in [0, 0.05) is 18.8 Å². The van der Waals surface area contributed by atoms with Gasteiger partial charge in [-0.15, -0.1) is 10.2 Å². The molecule has 4 N–H and O–H groups in total. The maximum Gasteiger partial charge on any atom is 0.273 e. The molecule has 1 aliphatic rings. The number of nitrogens with one attached hydrogen (secondary N) is 2. The van der Waals surface area contributed by atoms with E-state index in [1.807, 2.05) is 38.2 Å². The highest BCUT2D eigenvalue weighted by atomic mass is 19.1. The number of nitrogens with two attached hydrogens (primary N) is 1. The quantitative estimate of drug-likeness (QED) is 0.597. The van der Waals surface area contributed by atoms with Crippen LogP contribution < -0.4 is 16.4 Å². The minimum absolute atomic E-state index is 0.0547. The summed E-state index contributed by atoms with van der Waals surface area (Å²) in [6.07, 6.45) is 0.804. The molecule has 154 valence electrons. The summed E-state index contributed by atoms with van der Waals surface area (Å²) in [4.78, 5) is 18.3. The first-order chi connectivity index (χ1) is 14.4. The third kappa shape index (κ3) is 4.06. The molecule has 1 aromatic heterocycles. The van der Waals surface area contributed by atoms with Crippen LogP contribution in [0.1, 0.15) is 27.2 Å². The van der Waals surface area contributed by atoms with Gasteiger partial charge in [0.25, 0.3) is 5.91 Å². The van der Waals surface area contributed by atoms with Crippen LogP contribution in [0.4, 0.5) is 27.5 Å². The van der Waals surface area contributed by atoms with E-state index in [1.165, 1.54) is 0 Å². The fraction of sp³-hybridized carbons (Fsp3) is 0.238. The Hall–Kier alpha value is -3.59. The summed E-state index contributed by atoms with van der Waals surface area (Å²) in [5, 5.41) is 13.7. The van der Waals surface area contributed by atoms with Crippen molar-refractivity contribution in [3.05, 3.63) is 64.6 Å². The Morgan fingerprint density at radius 3 is 2.70 bits per heavy atom. The van der Waals surface area contributed by atoms with Crippen molar-refractivity contribution in [1.82, 2.24) is 20.1 Å². The molecule has 0 spiro atoms. The van der Waals surface area contributed by atoms with E-state index in [-0.39, 0.29) is 23.1 Å². The second kappa shape index (κ2) is 8.03. The van der Waals surface area contributed by atoms with E-state index in [0.29, 0.717) is 0 Å². The maximum atomic E-state index is 14.6. The van der Waals surface area contributed by atoms with Crippen LogP contribution in [0.5, 0.6) is 0 Å². The lowest BCUT2D eigenvalue weighted by molar-refractivity contribution is 0.0995. The van der Waals surface area contributed by atoms with Gasteiger partial charge in [0.1, 0.15) is 5.82 Å². The molecule has 30 heavy (non-hydrogen) atoms. The topological polar surface area (TPSA) is 109 Å². The number of likely N-dealkylation sites (N-methyl/N-ethyl adjacent to an activating group) is 1. The number of halogens is 1. The molecule has 0 fully saturated rings. The standard InChI is InChI=1S/C21H22FN7O/c1-12-5-3-4-6-16(12)24-20-18(19(23)30)27-28-21(26-20)25-17-10-14-11-29(2)8-7-13(14)9-15(17)22/h3-6,9-10H,7-8,11H2,1-2H3,(H2,23,30)(H2,24,25,26,28). The molecule has 8 nitrogen and oxygen atoms in total. The van der Waals surface area contributed by atoms with Crippen LogP contribution >= 0.6 is 0 Å². The van der Waals surface area contributed by atoms with Gasteiger partial charge in [-0.1, -0.05) is 18.2 Å². The molecule has 2 aromatic carbocycles. The van der Waals surface area contributed by atoms with E-state index >= 15 is 0 Å². The zero-order valence-corrected chi connectivity index (χ0v) is 16.7. The number of anilines is 4. The molecule has 0 unspecified atom stereocenters. The normalized spacial score (nSPS) is 13.6. The summed E-state index contributed by atoms with van der Waals surface area (Å²) in [5.41, 5.74) is 9.31. The highest BCUT2D eigenvalue weighted by Crippen LogP contribution is 2.27. The number of nitrogens with zero attached hydrogens (tertiary/aromatic N) is 4. The lowest BCUT2D eigenvalue weighted by Gasteiger charge is -2.25. The van der Waals surface area contributed by atoms with Gasteiger partial charge in [0.15, 0.2) is 11.5 Å². The summed E-state index contributed by atoms with van der Waals surface area (Å²) in [6.45, 7) is 3.55. The van der Waals surface area contributed by atoms with Crippen molar-refractivity contribution in [2.45, 2.75) is 19.9 Å². The van der Waals surface area contributed by atoms with Crippen LogP contribution in [-0.4, -0.2) is 39.6 Å². The van der Waals surface area contributed by atoms with Crippen LogP contribution in [-0.2, 0) is 13.0 Å². The SMILES string of the molecule is Cc1ccccc1Nc1nc(Nc2cc3c(cc2F)CCN(C)C3)nnc1C(N)=O. The summed E-state index contributed by atoms with van der Waals surface area (Å²) >= 11 is 0. The van der Waals surface area contributed by atoms with Gasteiger partial charge in [-0.3, -0.25) is 4.79 Å². The van der Waals surface area contributed by atoms with Crippen LogP contribution in [0, 0.1) is 12.7 Å². The van der Waals surface area contributed by atoms with Crippen molar-refractivity contribution in [2.75, 3.05) is 24.2 Å². The molecule has 0 aliphatic carbocycles. The summed E-state index contributed by atoms with van der Waals surface area (Å²) < 4.78 is 14.6. The van der Waals surface area contributed by atoms with Gasteiger partial charge in [0.05, 0.1) is 5.69 Å². The average Bonchev–Trinajstić information content (AvgIpc) is 2.70. The first kappa shape index (κ1) is 19.7. The predicted molar refractivity (Wildman–Crippen MR) is 113 cm³/mol. The number of primary amides is 1. The van der Waals surface area contributed by atoms with Gasteiger partial charge in [-0.2, -0.15) is 4.98 Å². The zero-order chi connectivity index (χ0) is 21.3. The lowest BCUT2D eigenvalue weighted by atomic mass is 9.99. The van der Waals surface area contributed by atoms with Crippen molar-refractivity contribution in [1.29, 1.82) is 0 Å². The molecule has 0 saturated heterocycles. The summed E-state index contributed by atoms with van der Waals surface area (Å²) in [5.74, 6) is -0.957. The summed E-state index contributed by atoms with van der Waals surface area (Å²) in [7, 11) is 2.03. The van der Waals surface area contributed by atoms with Gasteiger partial charge in [0.2, 0.25) is 5.95 Å². The van der Waals surface area contributed by atoms with Crippen molar-refractivity contribution in [2.24, 2.45) is 5.73 Å². The number of para-hydroxylation sites is 1. The number of carbonyl (C=O) groups is 1. The smallest absolute Gasteiger partial charge is 0.273 e. The molecule has 4 rings (SSSR count). The molecule has 1 amide bonds. The van der Waals surface area contributed by atoms with E-state index in [9.17, 15) is 9.18 Å². The number of benzene rings is 2. The minimum atomic E-state index is -0.763. The van der Waals surface area contributed by atoms with E-state index < -0.39 is 11.7 Å². The number of aryl methyl sites for hydroxylation is 1. The van der Waals surface area contributed by atoms with E-state index in [4.69, 9.17) is 5.73 Å². The third-order valence-electron chi connectivity index (χ3n) is 5.06. The minimum Gasteiger partial charge on any atom is -0.364 e. The first-order valence-corrected chi connectivity index (χ1v) is 9.55. The van der Waals surface area contributed by atoms with Crippen LogP contribution in [0.2, 0.25) is 0 Å². The number of rotatable bonds is 5. The fourth-order valence-electron chi connectivity index (χ4n) is 3.41. The molecule has 0 radical (unpaired) electrons. The zero-order valence-electron chi connectivity index (χ0n) is 16.7. The third-order valence-corrected chi connectivity index (χ3v) is 5.06.